The average Bonchev–Trinajstić information content (AvgIpc) is 3.03. The molecule has 2 aromatic rings. The summed E-state index contributed by atoms with van der Waals surface area (Å²) in [6.45, 7) is 1.21. The molecule has 158 valence electrons. The van der Waals surface area contributed by atoms with Crippen molar-refractivity contribution >= 4 is 35.0 Å². The number of benzene rings is 2. The first-order chi connectivity index (χ1) is 14.8. The number of dihydropyridines is 1. The van der Waals surface area contributed by atoms with Gasteiger partial charge in [-0.15, -0.1) is 0 Å². The molecule has 0 aromatic heterocycles. The van der Waals surface area contributed by atoms with Crippen molar-refractivity contribution < 1.29 is 29.0 Å². The first kappa shape index (κ1) is 20.7. The minimum absolute atomic E-state index is 0.171. The monoisotopic (exact) mass is 439 g/mol. The third-order valence-corrected chi connectivity index (χ3v) is 5.59. The Kier molecular flexibility index (Phi) is 5.29. The maximum absolute atomic E-state index is 13.3. The number of halogens is 1. The van der Waals surface area contributed by atoms with Gasteiger partial charge in [0.05, 0.1) is 23.4 Å². The summed E-state index contributed by atoms with van der Waals surface area (Å²) >= 11 is 6.33. The number of carbonyl (C=O) groups excluding carboxylic acids is 2. The lowest BCUT2D eigenvalue weighted by Crippen LogP contribution is -2.29. The summed E-state index contributed by atoms with van der Waals surface area (Å²) < 4.78 is 10.2. The number of nitrogens with one attached hydrogen (secondary N) is 1. The number of carboxylic acids is 1. The van der Waals surface area contributed by atoms with E-state index in [2.05, 4.69) is 5.32 Å². The molecule has 7 nitrogen and oxygen atoms in total. The number of methoxy groups -OCH3 is 1. The minimum atomic E-state index is -1.13. The number of rotatable bonds is 5. The molecule has 0 bridgehead atoms. The molecule has 0 saturated heterocycles. The van der Waals surface area contributed by atoms with E-state index in [-0.39, 0.29) is 16.6 Å². The van der Waals surface area contributed by atoms with Crippen molar-refractivity contribution in [2.45, 2.75) is 12.8 Å². The Bertz CT molecular complexity index is 1200. The van der Waals surface area contributed by atoms with Crippen LogP contribution in [-0.2, 0) is 14.3 Å². The molecule has 8 heteroatoms. The Labute approximate surface area is 182 Å². The zero-order valence-electron chi connectivity index (χ0n) is 16.7. The molecule has 0 spiro atoms. The highest BCUT2D eigenvalue weighted by atomic mass is 35.5. The normalized spacial score (nSPS) is 17.1. The first-order valence-corrected chi connectivity index (χ1v) is 9.79. The molecular weight excluding hydrogens is 422 g/mol. The Morgan fingerprint density at radius 2 is 1.87 bits per heavy atom. The van der Waals surface area contributed by atoms with Crippen LogP contribution in [0.5, 0.6) is 5.75 Å². The number of hydrogen-bond acceptors (Lipinski definition) is 6. The highest BCUT2D eigenvalue weighted by Gasteiger charge is 2.42. The number of carbonyl (C=O) groups is 3. The first-order valence-electron chi connectivity index (χ1n) is 9.42. The van der Waals surface area contributed by atoms with Gasteiger partial charge in [-0.1, -0.05) is 41.9 Å². The smallest absolute Gasteiger partial charge is 0.341 e. The van der Waals surface area contributed by atoms with Gasteiger partial charge in [-0.2, -0.15) is 0 Å². The number of esters is 1. The summed E-state index contributed by atoms with van der Waals surface area (Å²) in [7, 11) is 1.28. The number of ketones is 1. The molecule has 4 rings (SSSR count). The van der Waals surface area contributed by atoms with Gasteiger partial charge in [-0.3, -0.25) is 4.79 Å². The fourth-order valence-electron chi connectivity index (χ4n) is 4.00. The predicted octanol–water partition coefficient (Wildman–Crippen LogP) is 3.54. The quantitative estimate of drug-likeness (QED) is 0.687. The van der Waals surface area contributed by atoms with E-state index in [1.165, 1.54) is 13.2 Å². The lowest BCUT2D eigenvalue weighted by Gasteiger charge is -2.29. The van der Waals surface area contributed by atoms with Crippen molar-refractivity contribution in [3.05, 3.63) is 81.0 Å². The highest BCUT2D eigenvalue weighted by molar-refractivity contribution is 6.32. The molecule has 1 heterocycles. The van der Waals surface area contributed by atoms with Gasteiger partial charge < -0.3 is 19.9 Å². The van der Waals surface area contributed by atoms with Crippen molar-refractivity contribution in [3.63, 3.8) is 0 Å². The fourth-order valence-corrected chi connectivity index (χ4v) is 4.24. The predicted molar refractivity (Wildman–Crippen MR) is 113 cm³/mol. The Balaban J connectivity index is 1.85. The van der Waals surface area contributed by atoms with Crippen LogP contribution in [0, 0.1) is 0 Å². The second kappa shape index (κ2) is 7.92. The van der Waals surface area contributed by atoms with E-state index in [0.717, 1.165) is 5.56 Å². The van der Waals surface area contributed by atoms with E-state index in [4.69, 9.17) is 26.2 Å². The van der Waals surface area contributed by atoms with Crippen LogP contribution < -0.4 is 10.1 Å². The summed E-state index contributed by atoms with van der Waals surface area (Å²) in [5.41, 5.74) is 3.86. The summed E-state index contributed by atoms with van der Waals surface area (Å²) in [6, 6.07) is 12.0. The van der Waals surface area contributed by atoms with E-state index in [9.17, 15) is 14.4 Å². The molecule has 0 amide bonds. The summed E-state index contributed by atoms with van der Waals surface area (Å²) in [6.07, 6.45) is 0. The number of Topliss-reactive ketones (excluding diaryl/α,β-unsaturated/α-hetero) is 1. The minimum Gasteiger partial charge on any atom is -0.480 e. The van der Waals surface area contributed by atoms with Crippen LogP contribution in [0.3, 0.4) is 0 Å². The summed E-state index contributed by atoms with van der Waals surface area (Å²) in [5.74, 6) is -2.40. The number of carboxylic acid groups (broad SMARTS) is 1. The van der Waals surface area contributed by atoms with Crippen LogP contribution in [0.1, 0.15) is 34.3 Å². The number of ether oxygens (including phenoxy) is 2. The van der Waals surface area contributed by atoms with Crippen LogP contribution >= 0.6 is 11.6 Å². The van der Waals surface area contributed by atoms with E-state index in [0.29, 0.717) is 33.7 Å². The molecule has 31 heavy (non-hydrogen) atoms. The van der Waals surface area contributed by atoms with Gasteiger partial charge in [-0.25, -0.2) is 9.59 Å². The topological polar surface area (TPSA) is 102 Å². The Morgan fingerprint density at radius 1 is 1.16 bits per heavy atom. The van der Waals surface area contributed by atoms with E-state index in [1.807, 2.05) is 12.1 Å². The van der Waals surface area contributed by atoms with Crippen LogP contribution in [0.15, 0.2) is 59.3 Å². The molecule has 2 N–H and O–H groups in total. The van der Waals surface area contributed by atoms with Crippen LogP contribution in [0.4, 0.5) is 0 Å². The largest absolute Gasteiger partial charge is 0.480 e. The molecule has 1 atom stereocenters. The van der Waals surface area contributed by atoms with Gasteiger partial charge in [0.15, 0.2) is 12.4 Å². The van der Waals surface area contributed by atoms with Gasteiger partial charge in [0.1, 0.15) is 5.75 Å². The average molecular weight is 440 g/mol. The maximum Gasteiger partial charge on any atom is 0.341 e. The van der Waals surface area contributed by atoms with Crippen LogP contribution in [0.2, 0.25) is 5.02 Å². The number of hydrogen-bond donors (Lipinski definition) is 2. The van der Waals surface area contributed by atoms with Crippen molar-refractivity contribution in [2.75, 3.05) is 13.7 Å². The van der Waals surface area contributed by atoms with Crippen molar-refractivity contribution in [1.29, 1.82) is 0 Å². The molecule has 2 aromatic carbocycles. The van der Waals surface area contributed by atoms with Crippen molar-refractivity contribution in [2.24, 2.45) is 0 Å². The Hall–Kier alpha value is -3.58. The van der Waals surface area contributed by atoms with Gasteiger partial charge in [0.25, 0.3) is 0 Å². The van der Waals surface area contributed by atoms with E-state index in [1.54, 1.807) is 31.2 Å². The third kappa shape index (κ3) is 3.47. The van der Waals surface area contributed by atoms with Crippen LogP contribution in [0.25, 0.3) is 5.70 Å². The highest BCUT2D eigenvalue weighted by Crippen LogP contribution is 2.47. The van der Waals surface area contributed by atoms with Crippen molar-refractivity contribution in [1.82, 2.24) is 5.32 Å². The Morgan fingerprint density at radius 3 is 2.52 bits per heavy atom. The molecule has 0 fully saturated rings. The van der Waals surface area contributed by atoms with Crippen molar-refractivity contribution in [3.8, 4) is 5.75 Å². The summed E-state index contributed by atoms with van der Waals surface area (Å²) in [4.78, 5) is 36.8. The number of aliphatic carboxylic acids is 1. The second-order valence-corrected chi connectivity index (χ2v) is 7.53. The lowest BCUT2D eigenvalue weighted by molar-refractivity contribution is -0.139. The summed E-state index contributed by atoms with van der Waals surface area (Å²) in [5, 5.41) is 12.2. The van der Waals surface area contributed by atoms with Gasteiger partial charge >= 0.3 is 11.9 Å². The molecule has 2 aliphatic rings. The molecule has 0 saturated carbocycles. The third-order valence-electron chi connectivity index (χ3n) is 5.29. The molecule has 0 unspecified atom stereocenters. The second-order valence-electron chi connectivity index (χ2n) is 7.12. The standard InChI is InChI=1S/C23H18ClNO6/c1-11-18(23(29)30-2)19(12-7-8-16(15(24)9-12)31-10-17(26)27)20-21(25-11)13-5-3-4-6-14(13)22(20)28/h3-9,19,25H,10H2,1-2H3,(H,26,27)/t19-/m0/s1. The zero-order valence-corrected chi connectivity index (χ0v) is 17.4. The molecule has 1 aliphatic carbocycles. The van der Waals surface area contributed by atoms with Gasteiger partial charge in [0.2, 0.25) is 0 Å². The van der Waals surface area contributed by atoms with Gasteiger partial charge in [0, 0.05) is 28.3 Å². The molecular formula is C23H18ClNO6. The van der Waals surface area contributed by atoms with E-state index < -0.39 is 24.5 Å². The van der Waals surface area contributed by atoms with E-state index >= 15 is 0 Å². The van der Waals surface area contributed by atoms with Crippen LogP contribution in [-0.4, -0.2) is 36.5 Å². The zero-order chi connectivity index (χ0) is 22.3. The number of fused-ring (bicyclic) bond motifs is 2. The van der Waals surface area contributed by atoms with Gasteiger partial charge in [-0.05, 0) is 24.6 Å². The maximum atomic E-state index is 13.3. The molecule has 0 radical (unpaired) electrons. The SMILES string of the molecule is COC(=O)C1=C(C)NC2=C(C(=O)c3ccccc32)[C@H]1c1ccc(OCC(=O)O)c(Cl)c1. The lowest BCUT2D eigenvalue weighted by atomic mass is 9.80. The fraction of sp³-hybridized carbons (Fsp3) is 0.174. The number of allylic oxidation sites excluding steroid dienone is 2. The molecule has 1 aliphatic heterocycles.